The van der Waals surface area contributed by atoms with E-state index in [0.29, 0.717) is 5.92 Å². The Morgan fingerprint density at radius 2 is 1.90 bits per heavy atom. The molecule has 2 aromatic rings. The molecule has 0 aliphatic carbocycles. The van der Waals surface area contributed by atoms with E-state index >= 15 is 0 Å². The van der Waals surface area contributed by atoms with E-state index in [2.05, 4.69) is 61.1 Å². The molecule has 0 aliphatic rings. The summed E-state index contributed by atoms with van der Waals surface area (Å²) in [4.78, 5) is 9.44. The van der Waals surface area contributed by atoms with Gasteiger partial charge in [0.1, 0.15) is 11.6 Å². The number of benzene rings is 1. The average molecular weight is 348 g/mol. The zero-order chi connectivity index (χ0) is 15.4. The molecule has 3 nitrogen and oxygen atoms in total. The van der Waals surface area contributed by atoms with Gasteiger partial charge in [-0.3, -0.25) is 0 Å². The number of hydrogen-bond donors (Lipinski definition) is 1. The fourth-order valence-corrected chi connectivity index (χ4v) is 2.95. The topological polar surface area (TPSA) is 37.8 Å². The highest BCUT2D eigenvalue weighted by Crippen LogP contribution is 2.26. The van der Waals surface area contributed by atoms with Crippen LogP contribution in [0.1, 0.15) is 49.3 Å². The predicted molar refractivity (Wildman–Crippen MR) is 92.0 cm³/mol. The van der Waals surface area contributed by atoms with E-state index in [4.69, 9.17) is 9.97 Å². The zero-order valence-electron chi connectivity index (χ0n) is 13.1. The first-order valence-electron chi connectivity index (χ1n) is 7.37. The molecule has 0 fully saturated rings. The van der Waals surface area contributed by atoms with E-state index in [1.807, 2.05) is 12.1 Å². The van der Waals surface area contributed by atoms with Crippen LogP contribution in [0.2, 0.25) is 0 Å². The van der Waals surface area contributed by atoms with Crippen LogP contribution in [0.5, 0.6) is 0 Å². The van der Waals surface area contributed by atoms with Crippen molar-refractivity contribution in [3.05, 3.63) is 51.4 Å². The minimum absolute atomic E-state index is 0.413. The summed E-state index contributed by atoms with van der Waals surface area (Å²) < 4.78 is 1.10. The first-order valence-corrected chi connectivity index (χ1v) is 8.16. The van der Waals surface area contributed by atoms with Gasteiger partial charge in [-0.1, -0.05) is 48.0 Å². The summed E-state index contributed by atoms with van der Waals surface area (Å²) in [5.41, 5.74) is 3.49. The van der Waals surface area contributed by atoms with Crippen LogP contribution in [-0.4, -0.2) is 16.5 Å². The Hall–Kier alpha value is -1.42. The molecule has 21 heavy (non-hydrogen) atoms. The van der Waals surface area contributed by atoms with Crippen molar-refractivity contribution in [2.24, 2.45) is 0 Å². The molecule has 1 aromatic carbocycles. The van der Waals surface area contributed by atoms with Gasteiger partial charge in [0.2, 0.25) is 0 Å². The second-order valence-electron chi connectivity index (χ2n) is 5.44. The van der Waals surface area contributed by atoms with Crippen molar-refractivity contribution in [2.45, 2.75) is 40.0 Å². The van der Waals surface area contributed by atoms with Gasteiger partial charge in [0.15, 0.2) is 0 Å². The number of nitrogens with one attached hydrogen (secondary N) is 1. The van der Waals surface area contributed by atoms with Gasteiger partial charge in [-0.25, -0.2) is 9.97 Å². The normalized spacial score (nSPS) is 11.0. The molecule has 0 saturated heterocycles. The van der Waals surface area contributed by atoms with Crippen LogP contribution in [0.3, 0.4) is 0 Å². The molecule has 1 aromatic heterocycles. The number of rotatable bonds is 5. The summed E-state index contributed by atoms with van der Waals surface area (Å²) in [7, 11) is 0. The van der Waals surface area contributed by atoms with Crippen molar-refractivity contribution in [1.82, 2.24) is 9.97 Å². The lowest BCUT2D eigenvalue weighted by Gasteiger charge is -2.16. The van der Waals surface area contributed by atoms with Crippen molar-refractivity contribution >= 4 is 21.7 Å². The maximum Gasteiger partial charge on any atom is 0.135 e. The zero-order valence-corrected chi connectivity index (χ0v) is 14.7. The second-order valence-corrected chi connectivity index (χ2v) is 6.30. The minimum Gasteiger partial charge on any atom is -0.370 e. The molecular weight excluding hydrogens is 326 g/mol. The van der Waals surface area contributed by atoms with Crippen molar-refractivity contribution < 1.29 is 0 Å². The lowest BCUT2D eigenvalue weighted by molar-refractivity contribution is 0.810. The number of hydrogen-bond acceptors (Lipinski definition) is 3. The van der Waals surface area contributed by atoms with Crippen molar-refractivity contribution in [3.8, 4) is 0 Å². The van der Waals surface area contributed by atoms with Gasteiger partial charge in [-0.15, -0.1) is 0 Å². The molecule has 0 bridgehead atoms. The van der Waals surface area contributed by atoms with E-state index in [-0.39, 0.29) is 0 Å². The highest BCUT2D eigenvalue weighted by atomic mass is 79.9. The molecule has 2 rings (SSSR count). The Labute approximate surface area is 135 Å². The molecule has 0 unspecified atom stereocenters. The third-order valence-electron chi connectivity index (χ3n) is 3.41. The van der Waals surface area contributed by atoms with E-state index in [0.717, 1.165) is 34.8 Å². The number of halogens is 1. The molecule has 0 radical (unpaired) electrons. The van der Waals surface area contributed by atoms with Crippen molar-refractivity contribution in [3.63, 3.8) is 0 Å². The first kappa shape index (κ1) is 16.0. The highest BCUT2D eigenvalue weighted by Gasteiger charge is 2.15. The summed E-state index contributed by atoms with van der Waals surface area (Å²) in [6.07, 6.45) is 0.735. The molecule has 0 aliphatic heterocycles. The van der Waals surface area contributed by atoms with Crippen LogP contribution in [0.4, 0.5) is 5.82 Å². The van der Waals surface area contributed by atoms with E-state index in [1.54, 1.807) is 0 Å². The minimum atomic E-state index is 0.413. The summed E-state index contributed by atoms with van der Waals surface area (Å²) >= 11 is 3.59. The third-order valence-corrected chi connectivity index (χ3v) is 4.18. The van der Waals surface area contributed by atoms with Crippen LogP contribution in [0.25, 0.3) is 0 Å². The lowest BCUT2D eigenvalue weighted by Crippen LogP contribution is -2.11. The van der Waals surface area contributed by atoms with Gasteiger partial charge in [0.05, 0.1) is 0 Å². The van der Waals surface area contributed by atoms with Crippen molar-refractivity contribution in [2.75, 3.05) is 11.9 Å². The molecule has 0 atom stereocenters. The Bertz CT molecular complexity index is 623. The molecule has 0 spiro atoms. The molecule has 1 N–H and O–H groups in total. The van der Waals surface area contributed by atoms with Crippen LogP contribution >= 0.6 is 15.9 Å². The number of anilines is 1. The maximum absolute atomic E-state index is 4.74. The van der Waals surface area contributed by atoms with Gasteiger partial charge in [-0.2, -0.15) is 0 Å². The standard InChI is InChI=1S/C17H22BrN3/c1-5-19-17-16(11(2)3)12(4)20-15(21-17)10-13-8-6-7-9-14(13)18/h6-9,11H,5,10H2,1-4H3,(H,19,20,21). The van der Waals surface area contributed by atoms with Crippen LogP contribution in [0, 0.1) is 6.92 Å². The van der Waals surface area contributed by atoms with Crippen LogP contribution in [0.15, 0.2) is 28.7 Å². The van der Waals surface area contributed by atoms with E-state index in [1.165, 1.54) is 11.1 Å². The van der Waals surface area contributed by atoms with Gasteiger partial charge in [-0.05, 0) is 31.4 Å². The first-order chi connectivity index (χ1) is 10.0. The van der Waals surface area contributed by atoms with Gasteiger partial charge in [0, 0.05) is 28.7 Å². The lowest BCUT2D eigenvalue weighted by atomic mass is 10.0. The van der Waals surface area contributed by atoms with E-state index in [9.17, 15) is 0 Å². The Kier molecular flexibility index (Phi) is 5.34. The molecule has 1 heterocycles. The largest absolute Gasteiger partial charge is 0.370 e. The van der Waals surface area contributed by atoms with Gasteiger partial charge in [0.25, 0.3) is 0 Å². The van der Waals surface area contributed by atoms with Crippen LogP contribution < -0.4 is 5.32 Å². The molecular formula is C17H22BrN3. The maximum atomic E-state index is 4.74. The Morgan fingerprint density at radius 3 is 2.52 bits per heavy atom. The smallest absolute Gasteiger partial charge is 0.135 e. The Morgan fingerprint density at radius 1 is 1.19 bits per heavy atom. The SMILES string of the molecule is CCNc1nc(Cc2ccccc2Br)nc(C)c1C(C)C. The quantitative estimate of drug-likeness (QED) is 0.852. The summed E-state index contributed by atoms with van der Waals surface area (Å²) in [5.74, 6) is 2.25. The van der Waals surface area contributed by atoms with Gasteiger partial charge >= 0.3 is 0 Å². The second kappa shape index (κ2) is 7.03. The fraction of sp³-hybridized carbons (Fsp3) is 0.412. The van der Waals surface area contributed by atoms with E-state index < -0.39 is 0 Å². The number of nitrogens with zero attached hydrogens (tertiary/aromatic N) is 2. The summed E-state index contributed by atoms with van der Waals surface area (Å²) in [6, 6.07) is 8.22. The van der Waals surface area contributed by atoms with Gasteiger partial charge < -0.3 is 5.32 Å². The fourth-order valence-electron chi connectivity index (χ4n) is 2.52. The molecule has 4 heteroatoms. The number of aryl methyl sites for hydroxylation is 1. The molecule has 0 amide bonds. The third kappa shape index (κ3) is 3.82. The Balaban J connectivity index is 2.39. The summed E-state index contributed by atoms with van der Waals surface area (Å²) in [5, 5.41) is 3.38. The highest BCUT2D eigenvalue weighted by molar-refractivity contribution is 9.10. The average Bonchev–Trinajstić information content (AvgIpc) is 2.41. The predicted octanol–water partition coefficient (Wildman–Crippen LogP) is 4.69. The van der Waals surface area contributed by atoms with Crippen molar-refractivity contribution in [1.29, 1.82) is 0 Å². The molecule has 0 saturated carbocycles. The number of aromatic nitrogens is 2. The van der Waals surface area contributed by atoms with Crippen LogP contribution in [-0.2, 0) is 6.42 Å². The monoisotopic (exact) mass is 347 g/mol. The molecule has 112 valence electrons. The summed E-state index contributed by atoms with van der Waals surface area (Å²) in [6.45, 7) is 9.39.